The molecule has 2 rings (SSSR count). The zero-order valence-electron chi connectivity index (χ0n) is 12.4. The van der Waals surface area contributed by atoms with Crippen LogP contribution in [0.3, 0.4) is 0 Å². The molecule has 1 aliphatic rings. The number of aryl methyl sites for hydroxylation is 1. The first-order valence-electron chi connectivity index (χ1n) is 7.80. The summed E-state index contributed by atoms with van der Waals surface area (Å²) >= 11 is 7.27. The highest BCUT2D eigenvalue weighted by Crippen LogP contribution is 2.45. The van der Waals surface area contributed by atoms with Gasteiger partial charge >= 0.3 is 0 Å². The Labute approximate surface area is 140 Å². The molecule has 1 fully saturated rings. The molecular formula is C17H25Br2N. The van der Waals surface area contributed by atoms with Crippen LogP contribution < -0.4 is 5.32 Å². The van der Waals surface area contributed by atoms with E-state index in [1.165, 1.54) is 66.0 Å². The van der Waals surface area contributed by atoms with Gasteiger partial charge in [-0.3, -0.25) is 0 Å². The first-order valence-corrected chi connectivity index (χ1v) is 9.38. The number of benzene rings is 1. The zero-order valence-corrected chi connectivity index (χ0v) is 15.5. The molecule has 1 nitrogen and oxygen atoms in total. The van der Waals surface area contributed by atoms with E-state index in [9.17, 15) is 0 Å². The summed E-state index contributed by atoms with van der Waals surface area (Å²) in [6, 6.07) is 6.51. The van der Waals surface area contributed by atoms with Gasteiger partial charge in [-0.15, -0.1) is 0 Å². The molecule has 0 saturated heterocycles. The molecule has 0 atom stereocenters. The Morgan fingerprint density at radius 2 is 1.90 bits per heavy atom. The van der Waals surface area contributed by atoms with Gasteiger partial charge in [0.25, 0.3) is 0 Å². The maximum absolute atomic E-state index is 3.69. The Hall–Kier alpha value is 0.140. The first kappa shape index (κ1) is 16.5. The van der Waals surface area contributed by atoms with Gasteiger partial charge in [-0.2, -0.15) is 0 Å². The van der Waals surface area contributed by atoms with Crippen molar-refractivity contribution in [2.24, 2.45) is 5.41 Å². The average molecular weight is 403 g/mol. The van der Waals surface area contributed by atoms with E-state index in [0.717, 1.165) is 6.54 Å². The minimum atomic E-state index is 0.587. The van der Waals surface area contributed by atoms with E-state index in [-0.39, 0.29) is 0 Å². The van der Waals surface area contributed by atoms with Crippen LogP contribution in [0.15, 0.2) is 27.1 Å². The summed E-state index contributed by atoms with van der Waals surface area (Å²) in [5, 5.41) is 3.50. The lowest BCUT2D eigenvalue weighted by Gasteiger charge is -2.29. The van der Waals surface area contributed by atoms with Gasteiger partial charge in [0.1, 0.15) is 0 Å². The molecule has 1 N–H and O–H groups in total. The van der Waals surface area contributed by atoms with Crippen molar-refractivity contribution in [3.8, 4) is 0 Å². The van der Waals surface area contributed by atoms with Crippen LogP contribution in [0.25, 0.3) is 0 Å². The zero-order chi connectivity index (χ0) is 14.4. The highest BCUT2D eigenvalue weighted by atomic mass is 79.9. The van der Waals surface area contributed by atoms with Crippen molar-refractivity contribution in [3.05, 3.63) is 32.7 Å². The molecule has 0 spiro atoms. The van der Waals surface area contributed by atoms with Gasteiger partial charge in [-0.05, 0) is 74.4 Å². The van der Waals surface area contributed by atoms with Crippen molar-refractivity contribution in [1.29, 1.82) is 0 Å². The summed E-state index contributed by atoms with van der Waals surface area (Å²) in [6.07, 6.45) is 9.54. The van der Waals surface area contributed by atoms with E-state index in [1.807, 2.05) is 0 Å². The summed E-state index contributed by atoms with van der Waals surface area (Å²) in [6.45, 7) is 4.46. The standard InChI is InChI=1S/C17H25Br2N/c1-2-20-12-11-17(8-3-4-9-17)10-7-14-13-15(18)5-6-16(14)19/h5-6,13,20H,2-4,7-12H2,1H3. The highest BCUT2D eigenvalue weighted by molar-refractivity contribution is 9.11. The van der Waals surface area contributed by atoms with Crippen LogP contribution in [0.4, 0.5) is 0 Å². The van der Waals surface area contributed by atoms with E-state index >= 15 is 0 Å². The number of nitrogens with one attached hydrogen (secondary N) is 1. The van der Waals surface area contributed by atoms with Gasteiger partial charge in [0.05, 0.1) is 0 Å². The normalized spacial score (nSPS) is 17.6. The fraction of sp³-hybridized carbons (Fsp3) is 0.647. The van der Waals surface area contributed by atoms with Crippen LogP contribution in [0.1, 0.15) is 51.0 Å². The van der Waals surface area contributed by atoms with Crippen molar-refractivity contribution >= 4 is 31.9 Å². The first-order chi connectivity index (χ1) is 9.65. The molecule has 0 aliphatic heterocycles. The van der Waals surface area contributed by atoms with E-state index < -0.39 is 0 Å². The molecule has 0 heterocycles. The van der Waals surface area contributed by atoms with Crippen molar-refractivity contribution in [2.45, 2.75) is 51.9 Å². The maximum Gasteiger partial charge on any atom is 0.0208 e. The smallest absolute Gasteiger partial charge is 0.0208 e. The topological polar surface area (TPSA) is 12.0 Å². The van der Waals surface area contributed by atoms with Crippen LogP contribution in [-0.4, -0.2) is 13.1 Å². The largest absolute Gasteiger partial charge is 0.317 e. The summed E-state index contributed by atoms with van der Waals surface area (Å²) in [5.74, 6) is 0. The number of hydrogen-bond donors (Lipinski definition) is 1. The summed E-state index contributed by atoms with van der Waals surface area (Å²) in [7, 11) is 0. The maximum atomic E-state index is 3.69. The summed E-state index contributed by atoms with van der Waals surface area (Å²) in [5.41, 5.74) is 2.03. The van der Waals surface area contributed by atoms with E-state index in [0.29, 0.717) is 5.41 Å². The van der Waals surface area contributed by atoms with Gasteiger partial charge in [-0.1, -0.05) is 51.6 Å². The predicted octanol–water partition coefficient (Wildman–Crippen LogP) is 5.70. The third-order valence-electron chi connectivity index (χ3n) is 4.68. The van der Waals surface area contributed by atoms with Crippen molar-refractivity contribution < 1.29 is 0 Å². The second-order valence-corrected chi connectivity index (χ2v) is 7.82. The van der Waals surface area contributed by atoms with Crippen molar-refractivity contribution in [2.75, 3.05) is 13.1 Å². The monoisotopic (exact) mass is 401 g/mol. The second-order valence-electron chi connectivity index (χ2n) is 6.05. The molecule has 0 unspecified atom stereocenters. The van der Waals surface area contributed by atoms with Crippen LogP contribution in [0, 0.1) is 5.41 Å². The molecule has 112 valence electrons. The Balaban J connectivity index is 1.96. The average Bonchev–Trinajstić information content (AvgIpc) is 2.89. The molecule has 1 aromatic carbocycles. The van der Waals surface area contributed by atoms with Crippen LogP contribution in [-0.2, 0) is 6.42 Å². The van der Waals surface area contributed by atoms with E-state index in [4.69, 9.17) is 0 Å². The Kier molecular flexibility index (Phi) is 6.57. The minimum absolute atomic E-state index is 0.587. The van der Waals surface area contributed by atoms with Gasteiger partial charge in [-0.25, -0.2) is 0 Å². The van der Waals surface area contributed by atoms with Gasteiger partial charge < -0.3 is 5.32 Å². The third-order valence-corrected chi connectivity index (χ3v) is 5.95. The molecule has 0 bridgehead atoms. The number of halogens is 2. The fourth-order valence-corrected chi connectivity index (χ4v) is 4.27. The molecule has 1 aromatic rings. The lowest BCUT2D eigenvalue weighted by Crippen LogP contribution is -2.25. The summed E-state index contributed by atoms with van der Waals surface area (Å²) < 4.78 is 2.43. The number of hydrogen-bond acceptors (Lipinski definition) is 1. The highest BCUT2D eigenvalue weighted by Gasteiger charge is 2.32. The van der Waals surface area contributed by atoms with Gasteiger partial charge in [0.2, 0.25) is 0 Å². The molecule has 3 heteroatoms. The fourth-order valence-electron chi connectivity index (χ4n) is 3.42. The SMILES string of the molecule is CCNCCC1(CCc2cc(Br)ccc2Br)CCCC1. The van der Waals surface area contributed by atoms with Gasteiger partial charge in [0, 0.05) is 8.95 Å². The van der Waals surface area contributed by atoms with Crippen LogP contribution in [0.2, 0.25) is 0 Å². The lowest BCUT2D eigenvalue weighted by atomic mass is 9.77. The third kappa shape index (κ3) is 4.57. The van der Waals surface area contributed by atoms with Crippen LogP contribution in [0.5, 0.6) is 0 Å². The Morgan fingerprint density at radius 3 is 2.60 bits per heavy atom. The molecule has 0 amide bonds. The molecule has 0 radical (unpaired) electrons. The molecule has 0 aromatic heterocycles. The number of rotatable bonds is 7. The molecule has 20 heavy (non-hydrogen) atoms. The predicted molar refractivity (Wildman–Crippen MR) is 94.2 cm³/mol. The Bertz CT molecular complexity index is 425. The molecule has 1 aliphatic carbocycles. The van der Waals surface area contributed by atoms with E-state index in [2.05, 4.69) is 62.3 Å². The summed E-state index contributed by atoms with van der Waals surface area (Å²) in [4.78, 5) is 0. The van der Waals surface area contributed by atoms with Crippen molar-refractivity contribution in [3.63, 3.8) is 0 Å². The van der Waals surface area contributed by atoms with Gasteiger partial charge in [0.15, 0.2) is 0 Å². The quantitative estimate of drug-likeness (QED) is 0.576. The molecule has 1 saturated carbocycles. The lowest BCUT2D eigenvalue weighted by molar-refractivity contribution is 0.246. The molecular weight excluding hydrogens is 378 g/mol. The Morgan fingerprint density at radius 1 is 1.15 bits per heavy atom. The van der Waals surface area contributed by atoms with E-state index in [1.54, 1.807) is 0 Å². The van der Waals surface area contributed by atoms with Crippen molar-refractivity contribution in [1.82, 2.24) is 5.32 Å². The minimum Gasteiger partial charge on any atom is -0.317 e. The second kappa shape index (κ2) is 7.95. The van der Waals surface area contributed by atoms with Crippen LogP contribution >= 0.6 is 31.9 Å².